The predicted octanol–water partition coefficient (Wildman–Crippen LogP) is 1.11. The summed E-state index contributed by atoms with van der Waals surface area (Å²) in [5, 5.41) is 21.8. The molecule has 0 aliphatic carbocycles. The van der Waals surface area contributed by atoms with Gasteiger partial charge in [-0.3, -0.25) is 10.1 Å². The second kappa shape index (κ2) is 6.44. The minimum absolute atomic E-state index is 0.0225. The molecule has 0 heterocycles. The van der Waals surface area contributed by atoms with Crippen LogP contribution in [0.3, 0.4) is 0 Å². The van der Waals surface area contributed by atoms with Crippen LogP contribution >= 0.6 is 0 Å². The second-order valence-electron chi connectivity index (χ2n) is 3.15. The third-order valence-corrected chi connectivity index (χ3v) is 1.89. The number of rotatable bonds is 7. The van der Waals surface area contributed by atoms with Crippen molar-refractivity contribution in [2.45, 2.75) is 0 Å². The van der Waals surface area contributed by atoms with Gasteiger partial charge < -0.3 is 15.2 Å². The van der Waals surface area contributed by atoms with E-state index in [1.165, 1.54) is 6.07 Å². The van der Waals surface area contributed by atoms with Crippen LogP contribution in [0, 0.1) is 10.1 Å². The first kappa shape index (κ1) is 12.9. The molecule has 1 aromatic carbocycles. The minimum atomic E-state index is -1.05. The van der Waals surface area contributed by atoms with Crippen molar-refractivity contribution >= 4 is 17.3 Å². The van der Waals surface area contributed by atoms with E-state index >= 15 is 0 Å². The molecule has 7 heteroatoms. The first-order valence-electron chi connectivity index (χ1n) is 4.88. The van der Waals surface area contributed by atoms with Crippen LogP contribution in [0.25, 0.3) is 0 Å². The third-order valence-electron chi connectivity index (χ3n) is 1.89. The highest BCUT2D eigenvalue weighted by Crippen LogP contribution is 2.22. The molecular formula is C10H12N2O5. The molecule has 0 unspecified atom stereocenters. The number of para-hydroxylation sites is 2. The molecule has 0 fully saturated rings. The predicted molar refractivity (Wildman–Crippen MR) is 60.0 cm³/mol. The number of carboxylic acid groups (broad SMARTS) is 1. The molecule has 92 valence electrons. The van der Waals surface area contributed by atoms with E-state index in [2.05, 4.69) is 5.32 Å². The number of ether oxygens (including phenoxy) is 1. The van der Waals surface area contributed by atoms with E-state index in [0.29, 0.717) is 12.2 Å². The van der Waals surface area contributed by atoms with Crippen molar-refractivity contribution in [2.75, 3.05) is 25.1 Å². The fourth-order valence-corrected chi connectivity index (χ4v) is 1.20. The van der Waals surface area contributed by atoms with Gasteiger partial charge in [0.25, 0.3) is 5.69 Å². The Kier molecular flexibility index (Phi) is 4.89. The summed E-state index contributed by atoms with van der Waals surface area (Å²) in [5.41, 5.74) is 0.363. The number of benzene rings is 1. The smallest absolute Gasteiger partial charge is 0.329 e. The Hall–Kier alpha value is -2.15. The van der Waals surface area contributed by atoms with Crippen LogP contribution < -0.4 is 5.32 Å². The zero-order valence-electron chi connectivity index (χ0n) is 8.96. The molecule has 1 rings (SSSR count). The van der Waals surface area contributed by atoms with Gasteiger partial charge in [-0.1, -0.05) is 12.1 Å². The van der Waals surface area contributed by atoms with Crippen molar-refractivity contribution in [1.82, 2.24) is 0 Å². The Morgan fingerprint density at radius 2 is 2.18 bits per heavy atom. The third kappa shape index (κ3) is 4.47. The number of nitro groups is 1. The Balaban J connectivity index is 2.41. The summed E-state index contributed by atoms with van der Waals surface area (Å²) < 4.78 is 4.79. The Bertz CT molecular complexity index is 407. The number of hydrogen-bond donors (Lipinski definition) is 2. The van der Waals surface area contributed by atoms with E-state index in [9.17, 15) is 14.9 Å². The molecular weight excluding hydrogens is 228 g/mol. The van der Waals surface area contributed by atoms with Gasteiger partial charge in [0.05, 0.1) is 11.5 Å². The number of hydrogen-bond acceptors (Lipinski definition) is 5. The Morgan fingerprint density at radius 1 is 1.47 bits per heavy atom. The molecule has 0 amide bonds. The van der Waals surface area contributed by atoms with E-state index in [0.717, 1.165) is 0 Å². The van der Waals surface area contributed by atoms with E-state index in [4.69, 9.17) is 9.84 Å². The number of nitrogens with one attached hydrogen (secondary N) is 1. The molecule has 17 heavy (non-hydrogen) atoms. The first-order chi connectivity index (χ1) is 8.11. The molecule has 0 spiro atoms. The number of carbonyl (C=O) groups is 1. The van der Waals surface area contributed by atoms with E-state index in [1.807, 2.05) is 0 Å². The number of nitro benzene ring substituents is 1. The number of aliphatic carboxylic acids is 1. The number of carboxylic acids is 1. The van der Waals surface area contributed by atoms with Crippen LogP contribution in [0.5, 0.6) is 0 Å². The van der Waals surface area contributed by atoms with Crippen LogP contribution in [0.15, 0.2) is 24.3 Å². The van der Waals surface area contributed by atoms with Gasteiger partial charge in [0.15, 0.2) is 0 Å². The molecule has 0 saturated carbocycles. The van der Waals surface area contributed by atoms with Crippen molar-refractivity contribution in [3.8, 4) is 0 Å². The normalized spacial score (nSPS) is 9.88. The van der Waals surface area contributed by atoms with Gasteiger partial charge >= 0.3 is 5.97 Å². The molecule has 0 aromatic heterocycles. The van der Waals surface area contributed by atoms with E-state index in [1.54, 1.807) is 18.2 Å². The van der Waals surface area contributed by atoms with E-state index < -0.39 is 10.9 Å². The summed E-state index contributed by atoms with van der Waals surface area (Å²) in [5.74, 6) is -1.05. The van der Waals surface area contributed by atoms with Gasteiger partial charge in [-0.05, 0) is 6.07 Å². The molecule has 0 aliphatic rings. The lowest BCUT2D eigenvalue weighted by Gasteiger charge is -2.06. The van der Waals surface area contributed by atoms with Crippen molar-refractivity contribution in [3.63, 3.8) is 0 Å². The first-order valence-corrected chi connectivity index (χ1v) is 4.88. The fourth-order valence-electron chi connectivity index (χ4n) is 1.20. The molecule has 7 nitrogen and oxygen atoms in total. The summed E-state index contributed by atoms with van der Waals surface area (Å²) in [6, 6.07) is 6.22. The van der Waals surface area contributed by atoms with Crippen LogP contribution in [-0.4, -0.2) is 35.8 Å². The highest BCUT2D eigenvalue weighted by molar-refractivity contribution is 5.68. The van der Waals surface area contributed by atoms with Crippen LogP contribution in [0.1, 0.15) is 0 Å². The fraction of sp³-hybridized carbons (Fsp3) is 0.300. The maximum Gasteiger partial charge on any atom is 0.329 e. The van der Waals surface area contributed by atoms with Crippen LogP contribution in [0.2, 0.25) is 0 Å². The molecule has 0 saturated heterocycles. The largest absolute Gasteiger partial charge is 0.480 e. The van der Waals surface area contributed by atoms with Gasteiger partial charge in [0.2, 0.25) is 0 Å². The zero-order chi connectivity index (χ0) is 12.7. The zero-order valence-corrected chi connectivity index (χ0v) is 8.96. The molecule has 0 radical (unpaired) electrons. The van der Waals surface area contributed by atoms with Crippen molar-refractivity contribution in [3.05, 3.63) is 34.4 Å². The minimum Gasteiger partial charge on any atom is -0.480 e. The monoisotopic (exact) mass is 240 g/mol. The van der Waals surface area contributed by atoms with Gasteiger partial charge in [-0.25, -0.2) is 4.79 Å². The maximum atomic E-state index is 10.7. The summed E-state index contributed by atoms with van der Waals surface area (Å²) in [6.45, 7) is 0.0923. The standard InChI is InChI=1S/C10H12N2O5/c13-10(14)7-17-6-5-11-8-3-1-2-4-9(8)12(15)16/h1-4,11H,5-7H2,(H,13,14). The highest BCUT2D eigenvalue weighted by atomic mass is 16.6. The summed E-state index contributed by atoms with van der Waals surface area (Å²) in [7, 11) is 0. The van der Waals surface area contributed by atoms with Gasteiger partial charge in [0.1, 0.15) is 12.3 Å². The Labute approximate surface area is 97.2 Å². The molecule has 1 aromatic rings. The summed E-state index contributed by atoms with van der Waals surface area (Å²) >= 11 is 0. The van der Waals surface area contributed by atoms with Gasteiger partial charge in [-0.2, -0.15) is 0 Å². The number of nitrogens with zero attached hydrogens (tertiary/aromatic N) is 1. The van der Waals surface area contributed by atoms with Crippen LogP contribution in [-0.2, 0) is 9.53 Å². The molecule has 2 N–H and O–H groups in total. The highest BCUT2D eigenvalue weighted by Gasteiger charge is 2.11. The van der Waals surface area contributed by atoms with Gasteiger partial charge in [0, 0.05) is 12.6 Å². The summed E-state index contributed by atoms with van der Waals surface area (Å²) in [4.78, 5) is 20.3. The van der Waals surface area contributed by atoms with Crippen molar-refractivity contribution < 1.29 is 19.6 Å². The lowest BCUT2D eigenvalue weighted by molar-refractivity contribution is -0.384. The van der Waals surface area contributed by atoms with Crippen LogP contribution in [0.4, 0.5) is 11.4 Å². The average molecular weight is 240 g/mol. The maximum absolute atomic E-state index is 10.7. The van der Waals surface area contributed by atoms with Crippen molar-refractivity contribution in [1.29, 1.82) is 0 Å². The second-order valence-corrected chi connectivity index (χ2v) is 3.15. The number of anilines is 1. The van der Waals surface area contributed by atoms with Crippen molar-refractivity contribution in [2.24, 2.45) is 0 Å². The van der Waals surface area contributed by atoms with E-state index in [-0.39, 0.29) is 18.9 Å². The summed E-state index contributed by atoms with van der Waals surface area (Å²) in [6.07, 6.45) is 0. The lowest BCUT2D eigenvalue weighted by atomic mass is 10.2. The topological polar surface area (TPSA) is 102 Å². The van der Waals surface area contributed by atoms with Gasteiger partial charge in [-0.15, -0.1) is 0 Å². The molecule has 0 aliphatic heterocycles. The lowest BCUT2D eigenvalue weighted by Crippen LogP contribution is -2.14. The molecule has 0 bridgehead atoms. The quantitative estimate of drug-likeness (QED) is 0.420. The molecule has 0 atom stereocenters. The average Bonchev–Trinajstić information content (AvgIpc) is 2.28. The SMILES string of the molecule is O=C(O)COCCNc1ccccc1[N+](=O)[O-]. The Morgan fingerprint density at radius 3 is 2.82 bits per heavy atom.